The van der Waals surface area contributed by atoms with Crippen LogP contribution in [-0.2, 0) is 16.4 Å². The lowest BCUT2D eigenvalue weighted by Crippen LogP contribution is -2.10. The van der Waals surface area contributed by atoms with Gasteiger partial charge in [-0.3, -0.25) is 0 Å². The smallest absolute Gasteiger partial charge is 0.368 e. The van der Waals surface area contributed by atoms with Gasteiger partial charge in [0.2, 0.25) is 5.95 Å². The van der Waals surface area contributed by atoms with Gasteiger partial charge in [0, 0.05) is 0 Å². The highest BCUT2D eigenvalue weighted by Gasteiger charge is 2.37. The molecule has 0 unspecified atom stereocenters. The molecule has 22 heavy (non-hydrogen) atoms. The lowest BCUT2D eigenvalue weighted by molar-refractivity contribution is -0.144. The first-order valence-corrected chi connectivity index (χ1v) is 6.84. The molecule has 0 spiro atoms. The Kier molecular flexibility index (Phi) is 3.59. The van der Waals surface area contributed by atoms with Crippen LogP contribution in [0.15, 0.2) is 17.0 Å². The van der Waals surface area contributed by atoms with Gasteiger partial charge in [0.05, 0.1) is 0 Å². The third kappa shape index (κ3) is 2.86. The standard InChI is InChI=1S/C10H7F5N4O2S/c1-4-2-5(11)6(3-7(4)22(15,20)21)19-9(16)17-8(18-19)10(12,13)14/h2-3H,1H3,(H2,16,17,18). The number of aromatic nitrogens is 3. The van der Waals surface area contributed by atoms with Crippen LogP contribution < -0.4 is 5.73 Å². The second-order valence-corrected chi connectivity index (χ2v) is 5.53. The fourth-order valence-corrected chi connectivity index (χ4v) is 2.38. The van der Waals surface area contributed by atoms with Crippen molar-refractivity contribution in [1.82, 2.24) is 14.8 Å². The normalized spacial score (nSPS) is 12.6. The number of rotatable bonds is 2. The van der Waals surface area contributed by atoms with Crippen LogP contribution >= 0.6 is 0 Å². The summed E-state index contributed by atoms with van der Waals surface area (Å²) in [4.78, 5) is 2.00. The number of hydrogen-bond donors (Lipinski definition) is 1. The number of halogens is 5. The molecule has 0 aliphatic rings. The average molecular weight is 342 g/mol. The molecule has 2 rings (SSSR count). The Labute approximate surface area is 120 Å². The molecule has 0 aliphatic carbocycles. The summed E-state index contributed by atoms with van der Waals surface area (Å²) in [5, 5.41) is 2.96. The molecule has 0 saturated carbocycles. The molecule has 120 valence electrons. The molecule has 12 heteroatoms. The lowest BCUT2D eigenvalue weighted by Gasteiger charge is -2.08. The Morgan fingerprint density at radius 2 is 1.86 bits per heavy atom. The van der Waals surface area contributed by atoms with E-state index in [0.717, 1.165) is 6.92 Å². The van der Waals surface area contributed by atoms with Crippen molar-refractivity contribution in [3.8, 4) is 5.69 Å². The quantitative estimate of drug-likeness (QED) is 0.666. The minimum absolute atomic E-state index is 0.242. The van der Waals surface area contributed by atoms with E-state index in [2.05, 4.69) is 10.1 Å². The van der Waals surface area contributed by atoms with Gasteiger partial charge in [-0.15, -0.1) is 8.98 Å². The number of nitrogen functional groups attached to an aromatic ring is 1. The predicted octanol–water partition coefficient (Wildman–Crippen LogP) is 1.97. The zero-order valence-electron chi connectivity index (χ0n) is 10.7. The number of benzene rings is 1. The summed E-state index contributed by atoms with van der Waals surface area (Å²) in [6, 6.07) is 1.13. The van der Waals surface area contributed by atoms with Gasteiger partial charge in [-0.25, -0.2) is 4.39 Å². The van der Waals surface area contributed by atoms with Gasteiger partial charge in [-0.2, -0.15) is 31.3 Å². The van der Waals surface area contributed by atoms with Crippen LogP contribution in [0.2, 0.25) is 0 Å². The maximum Gasteiger partial charge on any atom is 0.453 e. The van der Waals surface area contributed by atoms with Crippen LogP contribution in [0.1, 0.15) is 11.4 Å². The molecular weight excluding hydrogens is 335 g/mol. The molecular formula is C10H7F5N4O2S. The van der Waals surface area contributed by atoms with Gasteiger partial charge in [0.25, 0.3) is 5.82 Å². The first kappa shape index (κ1) is 16.1. The van der Waals surface area contributed by atoms with Crippen molar-refractivity contribution < 1.29 is 29.9 Å². The molecule has 2 N–H and O–H groups in total. The fourth-order valence-electron chi connectivity index (χ4n) is 1.69. The van der Waals surface area contributed by atoms with Gasteiger partial charge in [0.15, 0.2) is 0 Å². The first-order valence-electron chi connectivity index (χ1n) is 5.46. The maximum atomic E-state index is 13.8. The summed E-state index contributed by atoms with van der Waals surface area (Å²) in [6.07, 6.45) is -4.93. The molecule has 1 heterocycles. The van der Waals surface area contributed by atoms with Crippen LogP contribution in [0.3, 0.4) is 0 Å². The summed E-state index contributed by atoms with van der Waals surface area (Å²) in [5.74, 6) is -3.62. The summed E-state index contributed by atoms with van der Waals surface area (Å²) >= 11 is 0. The van der Waals surface area contributed by atoms with Crippen molar-refractivity contribution in [2.45, 2.75) is 18.0 Å². The molecule has 0 bridgehead atoms. The molecule has 0 radical (unpaired) electrons. The van der Waals surface area contributed by atoms with E-state index < -0.39 is 44.6 Å². The third-order valence-corrected chi connectivity index (χ3v) is 3.59. The van der Waals surface area contributed by atoms with Crippen molar-refractivity contribution >= 4 is 16.2 Å². The molecule has 1 aromatic carbocycles. The topological polar surface area (TPSA) is 90.9 Å². The Balaban J connectivity index is 2.71. The van der Waals surface area contributed by atoms with Crippen molar-refractivity contribution in [3.63, 3.8) is 0 Å². The number of nitrogens with zero attached hydrogens (tertiary/aromatic N) is 3. The third-order valence-electron chi connectivity index (χ3n) is 2.62. The number of anilines is 1. The van der Waals surface area contributed by atoms with Crippen LogP contribution in [0.4, 0.5) is 27.4 Å². The summed E-state index contributed by atoms with van der Waals surface area (Å²) < 4.78 is 86.6. The van der Waals surface area contributed by atoms with Gasteiger partial charge < -0.3 is 5.73 Å². The van der Waals surface area contributed by atoms with Crippen molar-refractivity contribution in [1.29, 1.82) is 0 Å². The van der Waals surface area contributed by atoms with Gasteiger partial charge >= 0.3 is 16.4 Å². The highest BCUT2D eigenvalue weighted by atomic mass is 32.3. The van der Waals surface area contributed by atoms with E-state index >= 15 is 0 Å². The van der Waals surface area contributed by atoms with Crippen LogP contribution in [0, 0.1) is 12.7 Å². The Hall–Kier alpha value is -2.24. The summed E-state index contributed by atoms with van der Waals surface area (Å²) in [7, 11) is -5.21. The average Bonchev–Trinajstić information content (AvgIpc) is 2.69. The van der Waals surface area contributed by atoms with Crippen LogP contribution in [-0.4, -0.2) is 23.2 Å². The van der Waals surface area contributed by atoms with Crippen molar-refractivity contribution in [2.24, 2.45) is 0 Å². The Bertz CT molecular complexity index is 844. The van der Waals surface area contributed by atoms with Crippen molar-refractivity contribution in [3.05, 3.63) is 29.3 Å². The number of hydrogen-bond acceptors (Lipinski definition) is 5. The number of alkyl halides is 3. The van der Waals surface area contributed by atoms with E-state index in [9.17, 15) is 29.9 Å². The van der Waals surface area contributed by atoms with Crippen molar-refractivity contribution in [2.75, 3.05) is 5.73 Å². The van der Waals surface area contributed by atoms with Gasteiger partial charge in [0.1, 0.15) is 16.4 Å². The highest BCUT2D eigenvalue weighted by molar-refractivity contribution is 7.86. The second-order valence-electron chi connectivity index (χ2n) is 4.21. The molecule has 0 amide bonds. The van der Waals surface area contributed by atoms with Gasteiger partial charge in [-0.05, 0) is 24.6 Å². The van der Waals surface area contributed by atoms with E-state index in [-0.39, 0.29) is 10.2 Å². The molecule has 0 atom stereocenters. The van der Waals surface area contributed by atoms with Crippen LogP contribution in [0.25, 0.3) is 5.69 Å². The Morgan fingerprint density at radius 1 is 1.27 bits per heavy atom. The van der Waals surface area contributed by atoms with E-state index in [0.29, 0.717) is 12.1 Å². The number of nitrogens with two attached hydrogens (primary N) is 1. The SMILES string of the molecule is Cc1cc(F)c(-n2nc(C(F)(F)F)nc2N)cc1S(=O)(=O)F. The minimum atomic E-state index is -5.21. The lowest BCUT2D eigenvalue weighted by atomic mass is 10.2. The fraction of sp³-hybridized carbons (Fsp3) is 0.200. The molecule has 0 fully saturated rings. The zero-order valence-corrected chi connectivity index (χ0v) is 11.5. The first-order chi connectivity index (χ1) is 9.91. The zero-order chi connectivity index (χ0) is 16.9. The molecule has 0 aliphatic heterocycles. The van der Waals surface area contributed by atoms with Crippen LogP contribution in [0.5, 0.6) is 0 Å². The summed E-state index contributed by atoms with van der Waals surface area (Å²) in [5.41, 5.74) is 4.17. The number of aryl methyl sites for hydroxylation is 1. The molecule has 2 aromatic rings. The minimum Gasteiger partial charge on any atom is -0.368 e. The van der Waals surface area contributed by atoms with E-state index in [1.807, 2.05) is 0 Å². The van der Waals surface area contributed by atoms with E-state index in [1.165, 1.54) is 0 Å². The highest BCUT2D eigenvalue weighted by Crippen LogP contribution is 2.29. The van der Waals surface area contributed by atoms with E-state index in [1.54, 1.807) is 0 Å². The molecule has 1 aromatic heterocycles. The Morgan fingerprint density at radius 3 is 2.32 bits per heavy atom. The largest absolute Gasteiger partial charge is 0.453 e. The molecule has 0 saturated heterocycles. The summed E-state index contributed by atoms with van der Waals surface area (Å²) in [6.45, 7) is 1.12. The van der Waals surface area contributed by atoms with Gasteiger partial charge in [-0.1, -0.05) is 0 Å². The predicted molar refractivity (Wildman–Crippen MR) is 63.8 cm³/mol. The second kappa shape index (κ2) is 4.90. The maximum absolute atomic E-state index is 13.8. The molecule has 6 nitrogen and oxygen atoms in total. The monoisotopic (exact) mass is 342 g/mol. The van der Waals surface area contributed by atoms with E-state index in [4.69, 9.17) is 5.73 Å².